The Morgan fingerprint density at radius 3 is 2.76 bits per heavy atom. The lowest BCUT2D eigenvalue weighted by molar-refractivity contribution is 0.103. The molecule has 2 rings (SSSR count). The Kier molecular flexibility index (Phi) is 4.90. The average Bonchev–Trinajstić information content (AvgIpc) is 2.37. The summed E-state index contributed by atoms with van der Waals surface area (Å²) in [5.41, 5.74) is 0.944. The highest BCUT2D eigenvalue weighted by atomic mass is 35.5. The molecular formula is C14H17ClFNO4. The molecule has 1 aromatic rings. The zero-order valence-corrected chi connectivity index (χ0v) is 12.4. The number of halogens is 2. The molecule has 1 aliphatic heterocycles. The molecule has 1 aliphatic rings. The van der Waals surface area contributed by atoms with Gasteiger partial charge in [0, 0.05) is 31.2 Å². The minimum absolute atomic E-state index is 0.0364. The summed E-state index contributed by atoms with van der Waals surface area (Å²) < 4.78 is 19.9. The lowest BCUT2D eigenvalue weighted by Crippen LogP contribution is -2.48. The molecule has 1 amide bonds. The molecule has 0 radical (unpaired) electrons. The average molecular weight is 318 g/mol. The molecule has 7 heteroatoms. The maximum Gasteiger partial charge on any atom is 0.407 e. The summed E-state index contributed by atoms with van der Waals surface area (Å²) in [6.07, 6.45) is -0.722. The molecule has 5 nitrogen and oxygen atoms in total. The van der Waals surface area contributed by atoms with E-state index in [4.69, 9.17) is 26.6 Å². The van der Waals surface area contributed by atoms with Crippen LogP contribution in [0.25, 0.3) is 0 Å². The third-order valence-corrected chi connectivity index (χ3v) is 3.79. The number of carbonyl (C=O) groups is 1. The van der Waals surface area contributed by atoms with Crippen LogP contribution >= 0.6 is 11.6 Å². The number of likely N-dealkylation sites (tertiary alicyclic amines) is 1. The monoisotopic (exact) mass is 317 g/mol. The van der Waals surface area contributed by atoms with Gasteiger partial charge in [-0.3, -0.25) is 0 Å². The van der Waals surface area contributed by atoms with Crippen LogP contribution in [0, 0.1) is 5.82 Å². The van der Waals surface area contributed by atoms with Crippen LogP contribution in [0.1, 0.15) is 24.0 Å². The van der Waals surface area contributed by atoms with Gasteiger partial charge in [-0.25, -0.2) is 9.18 Å². The summed E-state index contributed by atoms with van der Waals surface area (Å²) in [4.78, 5) is 12.0. The highest BCUT2D eigenvalue weighted by Crippen LogP contribution is 2.40. The van der Waals surface area contributed by atoms with Crippen molar-refractivity contribution in [3.05, 3.63) is 28.0 Å². The SMILES string of the molecule is CCOc1c(CCO)cc(Cl)c(F)c1C1CN(C(=O)O)C1. The summed E-state index contributed by atoms with van der Waals surface area (Å²) >= 11 is 5.91. The van der Waals surface area contributed by atoms with Crippen molar-refractivity contribution < 1.29 is 24.1 Å². The van der Waals surface area contributed by atoms with Gasteiger partial charge in [-0.15, -0.1) is 0 Å². The quantitative estimate of drug-likeness (QED) is 0.875. The van der Waals surface area contributed by atoms with Crippen LogP contribution in [0.5, 0.6) is 5.75 Å². The van der Waals surface area contributed by atoms with Crippen LogP contribution in [0.15, 0.2) is 6.07 Å². The second-order valence-corrected chi connectivity index (χ2v) is 5.27. The van der Waals surface area contributed by atoms with Gasteiger partial charge in [-0.2, -0.15) is 0 Å². The van der Waals surface area contributed by atoms with Crippen molar-refractivity contribution in [2.24, 2.45) is 0 Å². The first-order chi connectivity index (χ1) is 9.99. The minimum Gasteiger partial charge on any atom is -0.493 e. The Balaban J connectivity index is 2.40. The Labute approximate surface area is 126 Å². The van der Waals surface area contributed by atoms with Crippen LogP contribution in [-0.2, 0) is 6.42 Å². The fraction of sp³-hybridized carbons (Fsp3) is 0.500. The van der Waals surface area contributed by atoms with E-state index in [9.17, 15) is 9.18 Å². The third-order valence-electron chi connectivity index (χ3n) is 3.51. The van der Waals surface area contributed by atoms with Crippen LogP contribution in [0.4, 0.5) is 9.18 Å². The Bertz CT molecular complexity index is 546. The number of aliphatic hydroxyl groups is 1. The van der Waals surface area contributed by atoms with E-state index in [-0.39, 0.29) is 30.6 Å². The highest BCUT2D eigenvalue weighted by molar-refractivity contribution is 6.31. The number of aliphatic hydroxyl groups excluding tert-OH is 1. The first-order valence-electron chi connectivity index (χ1n) is 6.71. The molecule has 116 valence electrons. The van der Waals surface area contributed by atoms with Gasteiger partial charge in [-0.05, 0) is 25.0 Å². The largest absolute Gasteiger partial charge is 0.493 e. The molecule has 1 heterocycles. The molecule has 0 bridgehead atoms. The normalized spacial score (nSPS) is 15.0. The first kappa shape index (κ1) is 15.9. The van der Waals surface area contributed by atoms with Crippen molar-refractivity contribution in [1.82, 2.24) is 4.90 Å². The summed E-state index contributed by atoms with van der Waals surface area (Å²) in [7, 11) is 0. The zero-order chi connectivity index (χ0) is 15.6. The van der Waals surface area contributed by atoms with E-state index in [2.05, 4.69) is 0 Å². The van der Waals surface area contributed by atoms with Gasteiger partial charge in [0.2, 0.25) is 0 Å². The van der Waals surface area contributed by atoms with Gasteiger partial charge in [0.25, 0.3) is 0 Å². The van der Waals surface area contributed by atoms with Crippen molar-refractivity contribution in [2.45, 2.75) is 19.3 Å². The number of hydrogen-bond donors (Lipinski definition) is 2. The van der Waals surface area contributed by atoms with Crippen LogP contribution < -0.4 is 4.74 Å². The molecule has 0 atom stereocenters. The minimum atomic E-state index is -1.03. The standard InChI is InChI=1S/C14H17ClFNO4/c1-2-21-13-8(3-4-18)5-10(15)12(16)11(13)9-6-17(7-9)14(19)20/h5,9,18H,2-4,6-7H2,1H3,(H,19,20). The molecule has 0 aliphatic carbocycles. The van der Waals surface area contributed by atoms with Crippen molar-refractivity contribution in [1.29, 1.82) is 0 Å². The van der Waals surface area contributed by atoms with Gasteiger partial charge in [0.15, 0.2) is 0 Å². The maximum atomic E-state index is 14.4. The zero-order valence-electron chi connectivity index (χ0n) is 11.6. The van der Waals surface area contributed by atoms with E-state index in [0.717, 1.165) is 0 Å². The number of carboxylic acid groups (broad SMARTS) is 1. The maximum absolute atomic E-state index is 14.4. The number of amides is 1. The van der Waals surface area contributed by atoms with Crippen molar-refractivity contribution >= 4 is 17.7 Å². The van der Waals surface area contributed by atoms with Gasteiger partial charge in [0.1, 0.15) is 11.6 Å². The van der Waals surface area contributed by atoms with Crippen molar-refractivity contribution in [2.75, 3.05) is 26.3 Å². The molecule has 0 saturated carbocycles. The van der Waals surface area contributed by atoms with Crippen molar-refractivity contribution in [3.63, 3.8) is 0 Å². The summed E-state index contributed by atoms with van der Waals surface area (Å²) in [5.74, 6) is -0.473. The Hall–Kier alpha value is -1.53. The van der Waals surface area contributed by atoms with Crippen LogP contribution in [0.2, 0.25) is 5.02 Å². The number of benzene rings is 1. The lowest BCUT2D eigenvalue weighted by Gasteiger charge is -2.38. The second-order valence-electron chi connectivity index (χ2n) is 4.87. The Morgan fingerprint density at radius 2 is 2.24 bits per heavy atom. The number of ether oxygens (including phenoxy) is 1. The van der Waals surface area contributed by atoms with E-state index in [1.807, 2.05) is 0 Å². The van der Waals surface area contributed by atoms with Crippen LogP contribution in [-0.4, -0.2) is 47.5 Å². The van der Waals surface area contributed by atoms with Gasteiger partial charge in [0.05, 0.1) is 11.6 Å². The van der Waals surface area contributed by atoms with E-state index in [1.165, 1.54) is 11.0 Å². The van der Waals surface area contributed by atoms with Gasteiger partial charge < -0.3 is 19.8 Å². The molecule has 1 fully saturated rings. The summed E-state index contributed by atoms with van der Waals surface area (Å²) in [6.45, 7) is 2.45. The molecule has 0 unspecified atom stereocenters. The highest BCUT2D eigenvalue weighted by Gasteiger charge is 2.36. The van der Waals surface area contributed by atoms with E-state index in [1.54, 1.807) is 6.92 Å². The predicted octanol–water partition coefficient (Wildman–Crippen LogP) is 2.49. The topological polar surface area (TPSA) is 70.0 Å². The molecule has 1 saturated heterocycles. The number of hydrogen-bond acceptors (Lipinski definition) is 3. The molecule has 0 spiro atoms. The Morgan fingerprint density at radius 1 is 1.57 bits per heavy atom. The summed E-state index contributed by atoms with van der Waals surface area (Å²) in [6, 6.07) is 1.45. The van der Waals surface area contributed by atoms with Crippen LogP contribution in [0.3, 0.4) is 0 Å². The molecule has 21 heavy (non-hydrogen) atoms. The van der Waals surface area contributed by atoms with Gasteiger partial charge in [-0.1, -0.05) is 11.6 Å². The lowest BCUT2D eigenvalue weighted by atomic mass is 9.88. The van der Waals surface area contributed by atoms with Gasteiger partial charge >= 0.3 is 6.09 Å². The van der Waals surface area contributed by atoms with E-state index < -0.39 is 11.9 Å². The second kappa shape index (κ2) is 6.49. The predicted molar refractivity (Wildman–Crippen MR) is 75.7 cm³/mol. The molecular weight excluding hydrogens is 301 g/mol. The summed E-state index contributed by atoms with van der Waals surface area (Å²) in [5, 5.41) is 17.9. The number of rotatable bonds is 5. The van der Waals surface area contributed by atoms with E-state index >= 15 is 0 Å². The molecule has 2 N–H and O–H groups in total. The molecule has 0 aromatic heterocycles. The van der Waals surface area contributed by atoms with E-state index in [0.29, 0.717) is 29.9 Å². The third kappa shape index (κ3) is 3.06. The fourth-order valence-electron chi connectivity index (χ4n) is 2.49. The smallest absolute Gasteiger partial charge is 0.407 e. The first-order valence-corrected chi connectivity index (χ1v) is 7.09. The fourth-order valence-corrected chi connectivity index (χ4v) is 2.72. The number of nitrogens with zero attached hydrogens (tertiary/aromatic N) is 1. The van der Waals surface area contributed by atoms with Crippen molar-refractivity contribution in [3.8, 4) is 5.75 Å². The molecule has 1 aromatic carbocycles.